The zero-order valence-electron chi connectivity index (χ0n) is 17.2. The molecule has 7 N–H and O–H groups in total. The lowest BCUT2D eigenvalue weighted by Gasteiger charge is -2.23. The maximum absolute atomic E-state index is 12.2. The Morgan fingerprint density at radius 1 is 1.45 bits per heavy atom. The van der Waals surface area contributed by atoms with Gasteiger partial charge in [0.2, 0.25) is 0 Å². The van der Waals surface area contributed by atoms with Crippen LogP contribution in [-0.2, 0) is 4.74 Å². The van der Waals surface area contributed by atoms with Crippen molar-refractivity contribution in [2.24, 2.45) is 5.73 Å². The van der Waals surface area contributed by atoms with Crippen LogP contribution in [0, 0.1) is 5.41 Å². The van der Waals surface area contributed by atoms with Crippen molar-refractivity contribution >= 4 is 57.1 Å². The second-order valence-corrected chi connectivity index (χ2v) is 8.59. The average molecular weight is 437 g/mol. The number of H-pyrrole nitrogens is 1. The third kappa shape index (κ3) is 3.89. The lowest BCUT2D eigenvalue weighted by molar-refractivity contribution is 0.0761. The monoisotopic (exact) mass is 436 g/mol. The van der Waals surface area contributed by atoms with Gasteiger partial charge in [0.05, 0.1) is 23.5 Å². The van der Waals surface area contributed by atoms with E-state index >= 15 is 0 Å². The van der Waals surface area contributed by atoms with Gasteiger partial charge in [-0.1, -0.05) is 13.0 Å². The van der Waals surface area contributed by atoms with Gasteiger partial charge in [0.25, 0.3) is 5.91 Å². The first kappa shape index (κ1) is 21.0. The van der Waals surface area contributed by atoms with Gasteiger partial charge in [-0.15, -0.1) is 0 Å². The Labute approximate surface area is 183 Å². The molecule has 0 saturated carbocycles. The summed E-state index contributed by atoms with van der Waals surface area (Å²) in [5, 5.41) is 13.0. The predicted molar refractivity (Wildman–Crippen MR) is 127 cm³/mol. The van der Waals surface area contributed by atoms with Crippen LogP contribution in [0.1, 0.15) is 28.7 Å². The zero-order chi connectivity index (χ0) is 22.1. The number of amides is 1. The Hall–Kier alpha value is -3.30. The van der Waals surface area contributed by atoms with Gasteiger partial charge in [-0.3, -0.25) is 4.79 Å². The van der Waals surface area contributed by atoms with Crippen molar-refractivity contribution in [3.05, 3.63) is 53.4 Å². The largest absolute Gasteiger partial charge is 0.398 e. The van der Waals surface area contributed by atoms with Crippen molar-refractivity contribution < 1.29 is 9.53 Å². The molecule has 0 aliphatic carbocycles. The number of fused-ring (bicyclic) bond motifs is 3. The number of thioether (sulfide) groups is 1. The number of ether oxygens (including phenoxy) is 1. The van der Waals surface area contributed by atoms with Crippen molar-refractivity contribution in [3.8, 4) is 0 Å². The van der Waals surface area contributed by atoms with Gasteiger partial charge in [-0.2, -0.15) is 11.8 Å². The summed E-state index contributed by atoms with van der Waals surface area (Å²) < 4.78 is 5.93. The van der Waals surface area contributed by atoms with Crippen LogP contribution in [0.4, 0.5) is 5.69 Å². The van der Waals surface area contributed by atoms with E-state index in [4.69, 9.17) is 21.6 Å². The van der Waals surface area contributed by atoms with Crippen molar-refractivity contribution in [2.45, 2.75) is 18.4 Å². The van der Waals surface area contributed by atoms with Gasteiger partial charge >= 0.3 is 0 Å². The number of hydrogen-bond acceptors (Lipinski definition) is 7. The molecule has 1 aliphatic heterocycles. The molecule has 1 amide bonds. The van der Waals surface area contributed by atoms with Crippen LogP contribution >= 0.6 is 11.8 Å². The smallest absolute Gasteiger partial charge is 0.269 e. The lowest BCUT2D eigenvalue weighted by Crippen LogP contribution is -2.32. The topological polar surface area (TPSA) is 143 Å². The van der Waals surface area contributed by atoms with Crippen molar-refractivity contribution in [1.29, 1.82) is 5.41 Å². The standard InChI is InChI=1S/C22H24N6O2S/c1-11(31-2)10-30-18-5-3-4-15(26-18)17-8-12-19-13(9-23)14(24)6-7-16(19)27-20(12)21(28-17)22(25)29/h3-9,11,18,23,26-27H,10,24H2,1-2H3,(H2,25,29). The molecule has 4 rings (SSSR count). The van der Waals surface area contributed by atoms with E-state index in [1.165, 1.54) is 6.21 Å². The number of benzene rings is 1. The van der Waals surface area contributed by atoms with E-state index in [1.54, 1.807) is 17.8 Å². The summed E-state index contributed by atoms with van der Waals surface area (Å²) in [4.78, 5) is 19.9. The average Bonchev–Trinajstić information content (AvgIpc) is 3.15. The number of nitrogens with zero attached hydrogens (tertiary/aromatic N) is 1. The molecule has 1 aliphatic rings. The minimum atomic E-state index is -0.642. The van der Waals surface area contributed by atoms with Gasteiger partial charge in [0.1, 0.15) is 6.23 Å². The summed E-state index contributed by atoms with van der Waals surface area (Å²) in [5.74, 6) is -0.642. The third-order valence-corrected chi connectivity index (χ3v) is 6.18. The summed E-state index contributed by atoms with van der Waals surface area (Å²) in [6.45, 7) is 2.70. The minimum Gasteiger partial charge on any atom is -0.398 e. The molecular formula is C22H24N6O2S. The first-order valence-electron chi connectivity index (χ1n) is 9.78. The quantitative estimate of drug-likeness (QED) is 0.285. The van der Waals surface area contributed by atoms with Gasteiger partial charge in [0.15, 0.2) is 5.69 Å². The number of carbonyl (C=O) groups is 1. The molecule has 0 fully saturated rings. The fourth-order valence-corrected chi connectivity index (χ4v) is 3.79. The Morgan fingerprint density at radius 3 is 2.97 bits per heavy atom. The van der Waals surface area contributed by atoms with E-state index in [1.807, 2.05) is 36.6 Å². The molecule has 2 aromatic heterocycles. The number of aromatic amines is 1. The van der Waals surface area contributed by atoms with E-state index < -0.39 is 5.91 Å². The number of primary amides is 1. The number of allylic oxidation sites excluding steroid dienone is 2. The van der Waals surface area contributed by atoms with E-state index in [-0.39, 0.29) is 11.9 Å². The van der Waals surface area contributed by atoms with E-state index in [9.17, 15) is 4.79 Å². The Bertz CT molecular complexity index is 1250. The number of rotatable bonds is 7. The highest BCUT2D eigenvalue weighted by Crippen LogP contribution is 2.33. The molecule has 0 saturated heterocycles. The highest BCUT2D eigenvalue weighted by molar-refractivity contribution is 7.99. The highest BCUT2D eigenvalue weighted by atomic mass is 32.2. The van der Waals surface area contributed by atoms with Crippen molar-refractivity contribution in [1.82, 2.24) is 15.3 Å². The van der Waals surface area contributed by atoms with E-state index in [2.05, 4.69) is 22.2 Å². The number of nitrogens with two attached hydrogens (primary N) is 2. The van der Waals surface area contributed by atoms with Crippen LogP contribution in [0.25, 0.3) is 27.5 Å². The number of anilines is 1. The summed E-state index contributed by atoms with van der Waals surface area (Å²) in [5.41, 5.74) is 15.5. The molecular weight excluding hydrogens is 412 g/mol. The van der Waals surface area contributed by atoms with Crippen LogP contribution in [0.3, 0.4) is 0 Å². The molecule has 3 heterocycles. The number of carbonyl (C=O) groups excluding carboxylic acids is 1. The Kier molecular flexibility index (Phi) is 5.71. The molecule has 0 bridgehead atoms. The van der Waals surface area contributed by atoms with Crippen LogP contribution in [0.2, 0.25) is 0 Å². The number of dihydropyridines is 1. The van der Waals surface area contributed by atoms with Gasteiger partial charge in [0, 0.05) is 39.0 Å². The van der Waals surface area contributed by atoms with Crippen LogP contribution < -0.4 is 16.8 Å². The molecule has 0 spiro atoms. The summed E-state index contributed by atoms with van der Waals surface area (Å²) in [6.07, 6.45) is 8.64. The van der Waals surface area contributed by atoms with Crippen molar-refractivity contribution in [2.75, 3.05) is 18.6 Å². The Morgan fingerprint density at radius 2 is 2.26 bits per heavy atom. The fraction of sp³-hybridized carbons (Fsp3) is 0.227. The van der Waals surface area contributed by atoms with Crippen molar-refractivity contribution in [3.63, 3.8) is 0 Å². The predicted octanol–water partition coefficient (Wildman–Crippen LogP) is 2.99. The molecule has 3 aromatic rings. The minimum absolute atomic E-state index is 0.129. The fourth-order valence-electron chi connectivity index (χ4n) is 3.57. The number of hydrogen-bond donors (Lipinski definition) is 5. The second-order valence-electron chi connectivity index (χ2n) is 7.31. The normalized spacial score (nSPS) is 16.8. The molecule has 31 heavy (non-hydrogen) atoms. The third-order valence-electron chi connectivity index (χ3n) is 5.24. The Balaban J connectivity index is 1.82. The molecule has 160 valence electrons. The van der Waals surface area contributed by atoms with Gasteiger partial charge in [-0.25, -0.2) is 4.98 Å². The number of aromatic nitrogens is 2. The number of pyridine rings is 1. The highest BCUT2D eigenvalue weighted by Gasteiger charge is 2.21. The molecule has 9 heteroatoms. The van der Waals surface area contributed by atoms with Crippen LogP contribution in [0.5, 0.6) is 0 Å². The molecule has 2 atom stereocenters. The molecule has 0 radical (unpaired) electrons. The first-order valence-corrected chi connectivity index (χ1v) is 11.1. The number of nitrogen functional groups attached to an aromatic ring is 1. The van der Waals surface area contributed by atoms with Gasteiger partial charge in [-0.05, 0) is 36.6 Å². The first-order chi connectivity index (χ1) is 14.9. The number of nitrogens with one attached hydrogen (secondary N) is 3. The maximum atomic E-state index is 12.2. The summed E-state index contributed by atoms with van der Waals surface area (Å²) >= 11 is 1.74. The summed E-state index contributed by atoms with van der Waals surface area (Å²) in [7, 11) is 0. The summed E-state index contributed by atoms with van der Waals surface area (Å²) in [6, 6.07) is 5.41. The molecule has 8 nitrogen and oxygen atoms in total. The zero-order valence-corrected chi connectivity index (χ0v) is 18.0. The van der Waals surface area contributed by atoms with Crippen LogP contribution in [-0.4, -0.2) is 46.4 Å². The van der Waals surface area contributed by atoms with E-state index in [0.717, 1.165) is 16.3 Å². The lowest BCUT2D eigenvalue weighted by atomic mass is 10.0. The SMILES string of the molecule is CSC(C)COC1C=CC=C(c2cc3c([nH]c4ccc(N)c(C=N)c43)c(C(N)=O)n2)N1. The van der Waals surface area contributed by atoms with E-state index in [0.29, 0.717) is 40.0 Å². The van der Waals surface area contributed by atoms with Gasteiger partial charge < -0.3 is 31.9 Å². The molecule has 1 aromatic carbocycles. The maximum Gasteiger partial charge on any atom is 0.269 e. The molecule has 2 unspecified atom stereocenters. The second kappa shape index (κ2) is 8.44. The van der Waals surface area contributed by atoms with Crippen LogP contribution in [0.15, 0.2) is 36.4 Å².